The molecule has 104 valence electrons. The highest BCUT2D eigenvalue weighted by Crippen LogP contribution is 2.14. The van der Waals surface area contributed by atoms with E-state index in [2.05, 4.69) is 48.1 Å². The van der Waals surface area contributed by atoms with Crippen LogP contribution in [0.4, 0.5) is 0 Å². The van der Waals surface area contributed by atoms with Gasteiger partial charge in [0.2, 0.25) is 0 Å². The van der Waals surface area contributed by atoms with Gasteiger partial charge in [-0.3, -0.25) is 4.68 Å². The minimum Gasteiger partial charge on any atom is -0.377 e. The predicted molar refractivity (Wildman–Crippen MR) is 74.6 cm³/mol. The number of ether oxygens (including phenoxy) is 1. The van der Waals surface area contributed by atoms with Gasteiger partial charge in [0, 0.05) is 25.9 Å². The molecule has 1 atom stereocenters. The number of rotatable bonds is 9. The Morgan fingerprint density at radius 2 is 2.06 bits per heavy atom. The Labute approximate surface area is 111 Å². The first-order valence-corrected chi connectivity index (χ1v) is 7.07. The topological polar surface area (TPSA) is 39.1 Å². The van der Waals surface area contributed by atoms with Gasteiger partial charge in [0.15, 0.2) is 0 Å². The van der Waals surface area contributed by atoms with Gasteiger partial charge in [0.25, 0.3) is 0 Å². The molecular formula is C14H27N3O. The van der Waals surface area contributed by atoms with Crippen LogP contribution >= 0.6 is 0 Å². The van der Waals surface area contributed by atoms with E-state index < -0.39 is 0 Å². The van der Waals surface area contributed by atoms with E-state index in [9.17, 15) is 0 Å². The van der Waals surface area contributed by atoms with E-state index >= 15 is 0 Å². The molecule has 0 amide bonds. The molecule has 0 saturated heterocycles. The Balaban J connectivity index is 2.35. The summed E-state index contributed by atoms with van der Waals surface area (Å²) < 4.78 is 7.56. The Hall–Kier alpha value is -0.870. The van der Waals surface area contributed by atoms with Gasteiger partial charge in [0.05, 0.1) is 17.8 Å². The third-order valence-electron chi connectivity index (χ3n) is 3.17. The summed E-state index contributed by atoms with van der Waals surface area (Å²) in [6.07, 6.45) is 4.61. The summed E-state index contributed by atoms with van der Waals surface area (Å²) in [6, 6.07) is 2.62. The van der Waals surface area contributed by atoms with Crippen molar-refractivity contribution >= 4 is 0 Å². The number of aromatic nitrogens is 2. The summed E-state index contributed by atoms with van der Waals surface area (Å²) in [5.41, 5.74) is 1.10. The fourth-order valence-corrected chi connectivity index (χ4v) is 2.08. The van der Waals surface area contributed by atoms with Gasteiger partial charge in [-0.05, 0) is 32.8 Å². The standard InChI is InChI=1S/C14H27N3O/c1-5-14(6-2)17-9-8-13(16-17)11-15-10-12(4)18-7-3/h8-9,12,14-15H,5-7,10-11H2,1-4H3. The average molecular weight is 253 g/mol. The monoisotopic (exact) mass is 253 g/mol. The van der Waals surface area contributed by atoms with Crippen molar-refractivity contribution in [1.29, 1.82) is 0 Å². The second-order valence-electron chi connectivity index (χ2n) is 4.65. The van der Waals surface area contributed by atoms with Gasteiger partial charge in [-0.25, -0.2) is 0 Å². The minimum atomic E-state index is 0.260. The van der Waals surface area contributed by atoms with Gasteiger partial charge >= 0.3 is 0 Å². The van der Waals surface area contributed by atoms with Crippen LogP contribution in [0.15, 0.2) is 12.3 Å². The summed E-state index contributed by atoms with van der Waals surface area (Å²) in [6.45, 7) is 11.0. The molecule has 0 fully saturated rings. The highest BCUT2D eigenvalue weighted by Gasteiger charge is 2.08. The van der Waals surface area contributed by atoms with Gasteiger partial charge in [-0.15, -0.1) is 0 Å². The average Bonchev–Trinajstić information content (AvgIpc) is 2.80. The molecule has 0 aliphatic heterocycles. The summed E-state index contributed by atoms with van der Waals surface area (Å²) in [4.78, 5) is 0. The van der Waals surface area contributed by atoms with E-state index in [0.717, 1.165) is 38.2 Å². The van der Waals surface area contributed by atoms with E-state index in [4.69, 9.17) is 4.74 Å². The smallest absolute Gasteiger partial charge is 0.0762 e. The number of hydrogen-bond donors (Lipinski definition) is 1. The van der Waals surface area contributed by atoms with E-state index in [1.165, 1.54) is 0 Å². The zero-order valence-electron chi connectivity index (χ0n) is 12.1. The van der Waals surface area contributed by atoms with Crippen molar-refractivity contribution in [3.63, 3.8) is 0 Å². The number of nitrogens with zero attached hydrogens (tertiary/aromatic N) is 2. The van der Waals surface area contributed by atoms with Gasteiger partial charge in [-0.1, -0.05) is 13.8 Å². The quantitative estimate of drug-likeness (QED) is 0.735. The van der Waals surface area contributed by atoms with Crippen molar-refractivity contribution in [3.8, 4) is 0 Å². The maximum Gasteiger partial charge on any atom is 0.0762 e. The second kappa shape index (κ2) is 8.27. The van der Waals surface area contributed by atoms with E-state index in [1.807, 2.05) is 6.92 Å². The van der Waals surface area contributed by atoms with Crippen molar-refractivity contribution in [2.24, 2.45) is 0 Å². The molecule has 18 heavy (non-hydrogen) atoms. The van der Waals surface area contributed by atoms with Crippen LogP contribution in [0.5, 0.6) is 0 Å². The van der Waals surface area contributed by atoms with Crippen LogP contribution in [0.2, 0.25) is 0 Å². The molecule has 1 N–H and O–H groups in total. The molecule has 0 bridgehead atoms. The molecule has 0 spiro atoms. The lowest BCUT2D eigenvalue weighted by Gasteiger charge is -2.13. The van der Waals surface area contributed by atoms with E-state index in [1.54, 1.807) is 0 Å². The van der Waals surface area contributed by atoms with Crippen molar-refractivity contribution in [2.45, 2.75) is 59.2 Å². The molecule has 1 heterocycles. The van der Waals surface area contributed by atoms with Crippen LogP contribution in [0.25, 0.3) is 0 Å². The van der Waals surface area contributed by atoms with Gasteiger partial charge < -0.3 is 10.1 Å². The fourth-order valence-electron chi connectivity index (χ4n) is 2.08. The van der Waals surface area contributed by atoms with Crippen LogP contribution < -0.4 is 5.32 Å². The third kappa shape index (κ3) is 4.78. The molecule has 0 saturated carbocycles. The first-order chi connectivity index (χ1) is 8.71. The molecule has 0 radical (unpaired) electrons. The summed E-state index contributed by atoms with van der Waals surface area (Å²) >= 11 is 0. The maximum atomic E-state index is 5.47. The van der Waals surface area contributed by atoms with Crippen LogP contribution in [-0.4, -0.2) is 29.0 Å². The lowest BCUT2D eigenvalue weighted by molar-refractivity contribution is 0.0759. The van der Waals surface area contributed by atoms with E-state index in [0.29, 0.717) is 6.04 Å². The minimum absolute atomic E-state index is 0.260. The number of hydrogen-bond acceptors (Lipinski definition) is 3. The molecule has 1 aromatic rings. The Kier molecular flexibility index (Phi) is 6.98. The summed E-state index contributed by atoms with van der Waals surface area (Å²) in [7, 11) is 0. The Bertz CT molecular complexity index is 321. The molecule has 0 aromatic carbocycles. The van der Waals surface area contributed by atoms with Crippen molar-refractivity contribution in [3.05, 3.63) is 18.0 Å². The molecule has 4 heteroatoms. The van der Waals surface area contributed by atoms with E-state index in [-0.39, 0.29) is 6.10 Å². The summed E-state index contributed by atoms with van der Waals surface area (Å²) in [5.74, 6) is 0. The highest BCUT2D eigenvalue weighted by molar-refractivity contribution is 4.99. The Morgan fingerprint density at radius 1 is 1.33 bits per heavy atom. The SMILES string of the molecule is CCOC(C)CNCc1ccn(C(CC)CC)n1. The van der Waals surface area contributed by atoms with Crippen molar-refractivity contribution < 1.29 is 4.74 Å². The molecular weight excluding hydrogens is 226 g/mol. The molecule has 4 nitrogen and oxygen atoms in total. The van der Waals surface area contributed by atoms with Crippen molar-refractivity contribution in [1.82, 2.24) is 15.1 Å². The fraction of sp³-hybridized carbons (Fsp3) is 0.786. The molecule has 0 aliphatic rings. The zero-order valence-corrected chi connectivity index (χ0v) is 12.1. The normalized spacial score (nSPS) is 13.2. The third-order valence-corrected chi connectivity index (χ3v) is 3.17. The van der Waals surface area contributed by atoms with Crippen LogP contribution in [0.3, 0.4) is 0 Å². The molecule has 0 aliphatic carbocycles. The first kappa shape index (κ1) is 15.2. The lowest BCUT2D eigenvalue weighted by atomic mass is 10.2. The Morgan fingerprint density at radius 3 is 2.67 bits per heavy atom. The zero-order chi connectivity index (χ0) is 13.4. The molecule has 1 rings (SSSR count). The van der Waals surface area contributed by atoms with Crippen LogP contribution in [0, 0.1) is 0 Å². The molecule has 1 aromatic heterocycles. The maximum absolute atomic E-state index is 5.47. The number of nitrogens with one attached hydrogen (secondary N) is 1. The summed E-state index contributed by atoms with van der Waals surface area (Å²) in [5, 5.41) is 7.98. The largest absolute Gasteiger partial charge is 0.377 e. The van der Waals surface area contributed by atoms with Gasteiger partial charge in [0.1, 0.15) is 0 Å². The van der Waals surface area contributed by atoms with Crippen LogP contribution in [-0.2, 0) is 11.3 Å². The lowest BCUT2D eigenvalue weighted by Crippen LogP contribution is -2.26. The van der Waals surface area contributed by atoms with Gasteiger partial charge in [-0.2, -0.15) is 5.10 Å². The highest BCUT2D eigenvalue weighted by atomic mass is 16.5. The predicted octanol–water partition coefficient (Wildman–Crippen LogP) is 2.76. The molecule has 1 unspecified atom stereocenters. The van der Waals surface area contributed by atoms with Crippen molar-refractivity contribution in [2.75, 3.05) is 13.2 Å². The second-order valence-corrected chi connectivity index (χ2v) is 4.65. The van der Waals surface area contributed by atoms with Crippen LogP contribution in [0.1, 0.15) is 52.3 Å². The first-order valence-electron chi connectivity index (χ1n) is 7.07.